The first kappa shape index (κ1) is 23.6. The van der Waals surface area contributed by atoms with Crippen LogP contribution in [0.1, 0.15) is 63.4 Å². The third-order valence-electron chi connectivity index (χ3n) is 6.09. The molecule has 0 radical (unpaired) electrons. The molecule has 0 aliphatic heterocycles. The molecule has 2 rings (SSSR count). The van der Waals surface area contributed by atoms with E-state index in [4.69, 9.17) is 5.11 Å². The molecule has 6 heteroatoms. The van der Waals surface area contributed by atoms with Crippen molar-refractivity contribution >= 4 is 11.7 Å². The average Bonchev–Trinajstić information content (AvgIpc) is 2.93. The predicted octanol–water partition coefficient (Wildman–Crippen LogP) is 3.33. The summed E-state index contributed by atoms with van der Waals surface area (Å²) in [5, 5.41) is 43.0. The molecule has 0 amide bonds. The van der Waals surface area contributed by atoms with E-state index < -0.39 is 24.3 Å². The fourth-order valence-electron chi connectivity index (χ4n) is 4.47. The lowest BCUT2D eigenvalue weighted by Gasteiger charge is -2.25. The number of carbonyl (C=O) groups is 1. The van der Waals surface area contributed by atoms with Gasteiger partial charge >= 0.3 is 5.97 Å². The van der Waals surface area contributed by atoms with Crippen molar-refractivity contribution < 1.29 is 25.2 Å². The van der Waals surface area contributed by atoms with E-state index in [0.29, 0.717) is 32.2 Å². The molecule has 164 valence electrons. The second-order valence-corrected chi connectivity index (χ2v) is 8.53. The van der Waals surface area contributed by atoms with E-state index in [-0.39, 0.29) is 18.3 Å². The number of aliphatic hydroxyl groups excluding tert-OH is 3. The molecule has 0 heterocycles. The molecule has 29 heavy (non-hydrogen) atoms. The van der Waals surface area contributed by atoms with Crippen LogP contribution in [0.3, 0.4) is 0 Å². The number of carboxylic acid groups (broad SMARTS) is 1. The number of aliphatic carboxylic acids is 1. The molecule has 1 aliphatic rings. The number of anilines is 1. The standard InChI is InChI=1S/C23H37NO5/c1-16-7-6-8-17(13-16)24-15-18(25)11-12-20-19(21(26)14-22(20)27)9-4-2-3-5-10-23(28)29/h6-8,13,18-22,24-27H,2-5,9-12,14-15H2,1H3,(H,28,29)/t18?,19?,20-,21+,22-/m1/s1. The summed E-state index contributed by atoms with van der Waals surface area (Å²) in [6.45, 7) is 2.49. The van der Waals surface area contributed by atoms with Gasteiger partial charge in [-0.05, 0) is 68.6 Å². The summed E-state index contributed by atoms with van der Waals surface area (Å²) in [5.41, 5.74) is 2.15. The number of nitrogens with one attached hydrogen (secondary N) is 1. The summed E-state index contributed by atoms with van der Waals surface area (Å²) < 4.78 is 0. The van der Waals surface area contributed by atoms with Crippen LogP contribution >= 0.6 is 0 Å². The van der Waals surface area contributed by atoms with Crippen LogP contribution in [0.5, 0.6) is 0 Å². The van der Waals surface area contributed by atoms with Crippen LogP contribution in [-0.4, -0.2) is 51.3 Å². The molecule has 2 unspecified atom stereocenters. The largest absolute Gasteiger partial charge is 0.481 e. The van der Waals surface area contributed by atoms with Gasteiger partial charge in [-0.1, -0.05) is 31.4 Å². The average molecular weight is 408 g/mol. The Labute approximate surface area is 174 Å². The van der Waals surface area contributed by atoms with Crippen LogP contribution in [0.4, 0.5) is 5.69 Å². The number of aryl methyl sites for hydroxylation is 1. The highest BCUT2D eigenvalue weighted by atomic mass is 16.4. The molecule has 1 saturated carbocycles. The van der Waals surface area contributed by atoms with Gasteiger partial charge in [0.05, 0.1) is 18.3 Å². The van der Waals surface area contributed by atoms with Gasteiger partial charge in [-0.2, -0.15) is 0 Å². The van der Waals surface area contributed by atoms with Gasteiger partial charge in [-0.25, -0.2) is 0 Å². The smallest absolute Gasteiger partial charge is 0.303 e. The van der Waals surface area contributed by atoms with Gasteiger partial charge in [-0.3, -0.25) is 4.79 Å². The molecule has 0 bridgehead atoms. The molecule has 1 fully saturated rings. The Morgan fingerprint density at radius 1 is 1.10 bits per heavy atom. The van der Waals surface area contributed by atoms with E-state index in [1.165, 1.54) is 5.56 Å². The first-order valence-electron chi connectivity index (χ1n) is 10.9. The Kier molecular flexibility index (Phi) is 9.91. The van der Waals surface area contributed by atoms with Crippen molar-refractivity contribution in [3.8, 4) is 0 Å². The van der Waals surface area contributed by atoms with Gasteiger partial charge in [0.1, 0.15) is 0 Å². The van der Waals surface area contributed by atoms with E-state index in [9.17, 15) is 20.1 Å². The SMILES string of the molecule is Cc1cccc(NCC(O)CC[C@@H]2C(CCCCCCC(=O)O)[C@@H](O)C[C@H]2O)c1. The van der Waals surface area contributed by atoms with E-state index in [2.05, 4.69) is 5.32 Å². The van der Waals surface area contributed by atoms with Gasteiger partial charge in [0.15, 0.2) is 0 Å². The summed E-state index contributed by atoms with van der Waals surface area (Å²) in [4.78, 5) is 10.5. The zero-order valence-corrected chi connectivity index (χ0v) is 17.5. The maximum Gasteiger partial charge on any atom is 0.303 e. The van der Waals surface area contributed by atoms with E-state index in [0.717, 1.165) is 31.4 Å². The topological polar surface area (TPSA) is 110 Å². The predicted molar refractivity (Wildman–Crippen MR) is 114 cm³/mol. The molecule has 0 saturated heterocycles. The quantitative estimate of drug-likeness (QED) is 0.321. The zero-order valence-electron chi connectivity index (χ0n) is 17.5. The van der Waals surface area contributed by atoms with Crippen molar-refractivity contribution in [3.05, 3.63) is 29.8 Å². The summed E-state index contributed by atoms with van der Waals surface area (Å²) in [7, 11) is 0. The number of aliphatic hydroxyl groups is 3. The first-order valence-corrected chi connectivity index (χ1v) is 10.9. The number of benzene rings is 1. The van der Waals surface area contributed by atoms with Gasteiger partial charge in [0.2, 0.25) is 0 Å². The van der Waals surface area contributed by atoms with Crippen LogP contribution in [0.25, 0.3) is 0 Å². The van der Waals surface area contributed by atoms with E-state index in [1.54, 1.807) is 0 Å². The number of rotatable bonds is 13. The molecular weight excluding hydrogens is 370 g/mol. The number of hydrogen-bond donors (Lipinski definition) is 5. The molecule has 5 N–H and O–H groups in total. The van der Waals surface area contributed by atoms with Crippen molar-refractivity contribution in [2.75, 3.05) is 11.9 Å². The summed E-state index contributed by atoms with van der Waals surface area (Å²) in [6.07, 6.45) is 4.68. The van der Waals surface area contributed by atoms with Crippen molar-refractivity contribution in [3.63, 3.8) is 0 Å². The zero-order chi connectivity index (χ0) is 21.2. The van der Waals surface area contributed by atoms with Crippen molar-refractivity contribution in [1.82, 2.24) is 0 Å². The Balaban J connectivity index is 1.71. The van der Waals surface area contributed by atoms with Gasteiger partial charge in [0.25, 0.3) is 0 Å². The fourth-order valence-corrected chi connectivity index (χ4v) is 4.47. The molecule has 1 aromatic rings. The third-order valence-corrected chi connectivity index (χ3v) is 6.09. The highest BCUT2D eigenvalue weighted by molar-refractivity contribution is 5.66. The van der Waals surface area contributed by atoms with Crippen LogP contribution in [0, 0.1) is 18.8 Å². The van der Waals surface area contributed by atoms with E-state index >= 15 is 0 Å². The lowest BCUT2D eigenvalue weighted by atomic mass is 9.85. The van der Waals surface area contributed by atoms with Crippen LogP contribution in [0.2, 0.25) is 0 Å². The monoisotopic (exact) mass is 407 g/mol. The molecular formula is C23H37NO5. The normalized spacial score (nSPS) is 25.1. The molecule has 1 aromatic carbocycles. The molecule has 0 spiro atoms. The minimum atomic E-state index is -0.755. The van der Waals surface area contributed by atoms with Crippen molar-refractivity contribution in [2.24, 2.45) is 11.8 Å². The highest BCUT2D eigenvalue weighted by Crippen LogP contribution is 2.39. The minimum absolute atomic E-state index is 0.0117. The summed E-state index contributed by atoms with van der Waals surface area (Å²) >= 11 is 0. The first-order chi connectivity index (χ1) is 13.9. The van der Waals surface area contributed by atoms with Gasteiger partial charge in [-0.15, -0.1) is 0 Å². The molecule has 0 aromatic heterocycles. The van der Waals surface area contributed by atoms with Crippen molar-refractivity contribution in [2.45, 2.75) is 83.0 Å². The molecule has 6 nitrogen and oxygen atoms in total. The Morgan fingerprint density at radius 3 is 2.48 bits per heavy atom. The minimum Gasteiger partial charge on any atom is -0.481 e. The number of unbranched alkanes of at least 4 members (excludes halogenated alkanes) is 3. The van der Waals surface area contributed by atoms with Crippen LogP contribution in [0.15, 0.2) is 24.3 Å². The summed E-state index contributed by atoms with van der Waals surface area (Å²) in [5.74, 6) is -0.686. The fraction of sp³-hybridized carbons (Fsp3) is 0.696. The second-order valence-electron chi connectivity index (χ2n) is 8.53. The molecule has 1 aliphatic carbocycles. The number of hydrogen-bond acceptors (Lipinski definition) is 5. The number of carboxylic acids is 1. The highest BCUT2D eigenvalue weighted by Gasteiger charge is 2.40. The second kappa shape index (κ2) is 12.2. The maximum atomic E-state index is 10.5. The van der Waals surface area contributed by atoms with Crippen molar-refractivity contribution in [1.29, 1.82) is 0 Å². The van der Waals surface area contributed by atoms with Gasteiger partial charge in [0, 0.05) is 18.7 Å². The maximum absolute atomic E-state index is 10.5. The van der Waals surface area contributed by atoms with E-state index in [1.807, 2.05) is 31.2 Å². The lowest BCUT2D eigenvalue weighted by Crippen LogP contribution is -2.26. The Bertz CT molecular complexity index is 623. The third kappa shape index (κ3) is 8.33. The Hall–Kier alpha value is -1.63. The Morgan fingerprint density at radius 2 is 1.79 bits per heavy atom. The van der Waals surface area contributed by atoms with Crippen LogP contribution in [-0.2, 0) is 4.79 Å². The molecule has 5 atom stereocenters. The lowest BCUT2D eigenvalue weighted by molar-refractivity contribution is -0.137. The van der Waals surface area contributed by atoms with Gasteiger partial charge < -0.3 is 25.7 Å². The van der Waals surface area contributed by atoms with Crippen LogP contribution < -0.4 is 5.32 Å². The summed E-state index contributed by atoms with van der Waals surface area (Å²) in [6, 6.07) is 8.02.